The molecule has 4 rings (SSSR count). The zero-order chi connectivity index (χ0) is 20.7. The van der Waals surface area contributed by atoms with Crippen LogP contribution in [0.1, 0.15) is 82.3 Å². The van der Waals surface area contributed by atoms with Crippen LogP contribution in [0.3, 0.4) is 0 Å². The third-order valence-corrected chi connectivity index (χ3v) is 7.61. The van der Waals surface area contributed by atoms with Gasteiger partial charge in [0.2, 0.25) is 0 Å². The molecular weight excluding hydrogens is 358 g/mol. The molecule has 0 saturated carbocycles. The lowest BCUT2D eigenvalue weighted by molar-refractivity contribution is -0.161. The molecule has 3 nitrogen and oxygen atoms in total. The lowest BCUT2D eigenvalue weighted by atomic mass is 9.75. The molecule has 2 N–H and O–H groups in total. The van der Waals surface area contributed by atoms with Crippen molar-refractivity contribution in [2.75, 3.05) is 19.0 Å². The fraction of sp³-hybridized carbons (Fsp3) is 0.615. The number of hydrogen-bond acceptors (Lipinski definition) is 3. The molecule has 1 aromatic carbocycles. The Morgan fingerprint density at radius 3 is 2.62 bits per heavy atom. The Morgan fingerprint density at radius 2 is 1.97 bits per heavy atom. The molecule has 29 heavy (non-hydrogen) atoms. The molecule has 0 aromatic heterocycles. The second-order valence-electron chi connectivity index (χ2n) is 10.4. The van der Waals surface area contributed by atoms with Crippen molar-refractivity contribution in [2.24, 2.45) is 5.41 Å². The standard InChI is InChI=1S/C26H37NO2/c1-5-10-25-13-14-26(18-28,29-25)17-21(16-25)20-6-7-23(27-4)22(15-20)19-8-11-24(2,3)12-9-19/h5-8,15,21,27-28H,1,9-14,16-18H2,2-4H3. The van der Waals surface area contributed by atoms with Gasteiger partial charge in [0.1, 0.15) is 0 Å². The van der Waals surface area contributed by atoms with E-state index in [1.807, 2.05) is 13.1 Å². The van der Waals surface area contributed by atoms with E-state index in [-0.39, 0.29) is 17.8 Å². The Kier molecular flexibility index (Phi) is 5.41. The van der Waals surface area contributed by atoms with Crippen LogP contribution in [0.25, 0.3) is 5.57 Å². The number of fused-ring (bicyclic) bond motifs is 2. The molecule has 2 heterocycles. The van der Waals surface area contributed by atoms with E-state index in [1.54, 1.807) is 0 Å². The van der Waals surface area contributed by atoms with Crippen molar-refractivity contribution in [3.63, 3.8) is 0 Å². The Hall–Kier alpha value is -1.58. The van der Waals surface area contributed by atoms with Gasteiger partial charge in [0.25, 0.3) is 0 Å². The summed E-state index contributed by atoms with van der Waals surface area (Å²) in [6, 6.07) is 6.94. The Balaban J connectivity index is 1.67. The first kappa shape index (κ1) is 20.7. The van der Waals surface area contributed by atoms with Crippen LogP contribution in [0.4, 0.5) is 5.69 Å². The summed E-state index contributed by atoms with van der Waals surface area (Å²) in [6.45, 7) is 8.80. The highest BCUT2D eigenvalue weighted by Gasteiger charge is 2.54. The third kappa shape index (κ3) is 3.92. The van der Waals surface area contributed by atoms with Crippen molar-refractivity contribution in [3.8, 4) is 0 Å². The molecule has 158 valence electrons. The summed E-state index contributed by atoms with van der Waals surface area (Å²) in [5.74, 6) is 0.420. The van der Waals surface area contributed by atoms with E-state index in [0.717, 1.165) is 44.9 Å². The van der Waals surface area contributed by atoms with Crippen molar-refractivity contribution >= 4 is 11.3 Å². The predicted molar refractivity (Wildman–Crippen MR) is 121 cm³/mol. The van der Waals surface area contributed by atoms with E-state index >= 15 is 0 Å². The molecule has 2 fully saturated rings. The fourth-order valence-electron chi connectivity index (χ4n) is 5.80. The Labute approximate surface area is 176 Å². The molecule has 3 heteroatoms. The van der Waals surface area contributed by atoms with Crippen molar-refractivity contribution in [1.82, 2.24) is 0 Å². The first-order valence-corrected chi connectivity index (χ1v) is 11.3. The minimum absolute atomic E-state index is 0.115. The highest BCUT2D eigenvalue weighted by molar-refractivity contribution is 5.77. The summed E-state index contributed by atoms with van der Waals surface area (Å²) < 4.78 is 6.48. The molecule has 3 unspecified atom stereocenters. The summed E-state index contributed by atoms with van der Waals surface area (Å²) in [5.41, 5.74) is 5.32. The molecule has 2 aliphatic heterocycles. The van der Waals surface area contributed by atoms with Crippen molar-refractivity contribution in [3.05, 3.63) is 48.1 Å². The number of nitrogens with one attached hydrogen (secondary N) is 1. The highest BCUT2D eigenvalue weighted by atomic mass is 16.5. The molecule has 3 atom stereocenters. The minimum atomic E-state index is -0.373. The van der Waals surface area contributed by atoms with Gasteiger partial charge in [-0.25, -0.2) is 0 Å². The van der Waals surface area contributed by atoms with E-state index in [1.165, 1.54) is 28.8 Å². The van der Waals surface area contributed by atoms with Crippen LogP contribution in [0.5, 0.6) is 0 Å². The van der Waals surface area contributed by atoms with Gasteiger partial charge in [-0.05, 0) is 86.0 Å². The SMILES string of the molecule is C=CCC12CCC(CO)(CC(c3ccc(NC)c(C4=CCC(C)(C)CC4)c3)C1)O2. The zero-order valence-electron chi connectivity index (χ0n) is 18.4. The van der Waals surface area contributed by atoms with Crippen LogP contribution < -0.4 is 5.32 Å². The number of benzene rings is 1. The van der Waals surface area contributed by atoms with Gasteiger partial charge in [-0.1, -0.05) is 32.1 Å². The van der Waals surface area contributed by atoms with Crippen LogP contribution in [-0.4, -0.2) is 30.0 Å². The second-order valence-corrected chi connectivity index (χ2v) is 10.4. The monoisotopic (exact) mass is 395 g/mol. The molecule has 2 saturated heterocycles. The number of allylic oxidation sites excluding steroid dienone is 2. The van der Waals surface area contributed by atoms with Crippen LogP contribution in [-0.2, 0) is 4.74 Å². The average molecular weight is 396 g/mol. The van der Waals surface area contributed by atoms with E-state index in [0.29, 0.717) is 11.3 Å². The first-order chi connectivity index (χ1) is 13.8. The van der Waals surface area contributed by atoms with E-state index < -0.39 is 0 Å². The lowest BCUT2D eigenvalue weighted by Gasteiger charge is -2.43. The number of hydrogen-bond donors (Lipinski definition) is 2. The van der Waals surface area contributed by atoms with Gasteiger partial charge >= 0.3 is 0 Å². The van der Waals surface area contributed by atoms with Crippen LogP contribution in [0.2, 0.25) is 0 Å². The highest BCUT2D eigenvalue weighted by Crippen LogP contribution is 2.55. The van der Waals surface area contributed by atoms with E-state index in [9.17, 15) is 5.11 Å². The number of anilines is 1. The predicted octanol–water partition coefficient (Wildman–Crippen LogP) is 6.06. The maximum absolute atomic E-state index is 10.1. The van der Waals surface area contributed by atoms with Crippen molar-refractivity contribution < 1.29 is 9.84 Å². The summed E-state index contributed by atoms with van der Waals surface area (Å²) in [4.78, 5) is 0. The van der Waals surface area contributed by atoms with Crippen LogP contribution in [0.15, 0.2) is 36.9 Å². The average Bonchev–Trinajstić information content (AvgIpc) is 2.98. The third-order valence-electron chi connectivity index (χ3n) is 7.61. The molecule has 0 radical (unpaired) electrons. The first-order valence-electron chi connectivity index (χ1n) is 11.3. The van der Waals surface area contributed by atoms with Gasteiger partial charge in [0.05, 0.1) is 17.8 Å². The molecular formula is C26H37NO2. The number of ether oxygens (including phenoxy) is 1. The van der Waals surface area contributed by atoms with Gasteiger partial charge in [0, 0.05) is 18.3 Å². The summed E-state index contributed by atoms with van der Waals surface area (Å²) in [5, 5.41) is 13.5. The van der Waals surface area contributed by atoms with Gasteiger partial charge in [-0.2, -0.15) is 0 Å². The fourth-order valence-corrected chi connectivity index (χ4v) is 5.80. The summed E-state index contributed by atoms with van der Waals surface area (Å²) >= 11 is 0. The van der Waals surface area contributed by atoms with Crippen LogP contribution >= 0.6 is 0 Å². The molecule has 3 aliphatic rings. The Morgan fingerprint density at radius 1 is 1.21 bits per heavy atom. The lowest BCUT2D eigenvalue weighted by Crippen LogP contribution is -2.45. The van der Waals surface area contributed by atoms with Crippen molar-refractivity contribution in [1.29, 1.82) is 0 Å². The molecule has 2 bridgehead atoms. The number of rotatable bonds is 6. The largest absolute Gasteiger partial charge is 0.393 e. The van der Waals surface area contributed by atoms with E-state index in [4.69, 9.17) is 4.74 Å². The summed E-state index contributed by atoms with van der Waals surface area (Å²) in [7, 11) is 2.01. The van der Waals surface area contributed by atoms with Gasteiger partial charge in [-0.3, -0.25) is 0 Å². The quantitative estimate of drug-likeness (QED) is 0.576. The molecule has 1 aliphatic carbocycles. The normalized spacial score (nSPS) is 33.2. The molecule has 1 aromatic rings. The van der Waals surface area contributed by atoms with Gasteiger partial charge in [0.15, 0.2) is 0 Å². The maximum atomic E-state index is 10.1. The zero-order valence-corrected chi connectivity index (χ0v) is 18.4. The second kappa shape index (κ2) is 7.59. The molecule has 0 amide bonds. The minimum Gasteiger partial charge on any atom is -0.393 e. The smallest absolute Gasteiger partial charge is 0.0926 e. The number of aliphatic hydroxyl groups excluding tert-OH is 1. The van der Waals surface area contributed by atoms with Crippen LogP contribution in [0, 0.1) is 5.41 Å². The summed E-state index contributed by atoms with van der Waals surface area (Å²) in [6.07, 6.45) is 12.7. The van der Waals surface area contributed by atoms with Gasteiger partial charge in [-0.15, -0.1) is 6.58 Å². The van der Waals surface area contributed by atoms with E-state index in [2.05, 4.69) is 50.0 Å². The molecule has 0 spiro atoms. The maximum Gasteiger partial charge on any atom is 0.0926 e. The topological polar surface area (TPSA) is 41.5 Å². The van der Waals surface area contributed by atoms with Crippen molar-refractivity contribution in [2.45, 2.75) is 82.3 Å². The number of aliphatic hydroxyl groups is 1. The van der Waals surface area contributed by atoms with Gasteiger partial charge < -0.3 is 15.2 Å². The Bertz CT molecular complexity index is 811.